The molecule has 0 fully saturated rings. The van der Waals surface area contributed by atoms with Crippen molar-refractivity contribution in [3.8, 4) is 11.3 Å². The average Bonchev–Trinajstić information content (AvgIpc) is 2.97. The third kappa shape index (κ3) is 3.63. The molecule has 0 radical (unpaired) electrons. The molecule has 26 heavy (non-hydrogen) atoms. The van der Waals surface area contributed by atoms with Crippen LogP contribution >= 0.6 is 11.8 Å². The molecule has 0 aliphatic carbocycles. The van der Waals surface area contributed by atoms with E-state index in [1.807, 2.05) is 0 Å². The van der Waals surface area contributed by atoms with Crippen LogP contribution in [0.2, 0.25) is 0 Å². The summed E-state index contributed by atoms with van der Waals surface area (Å²) in [5, 5.41) is 0. The first-order valence-corrected chi connectivity index (χ1v) is 9.70. The number of thioether (sulfide) groups is 1. The second-order valence-electron chi connectivity index (χ2n) is 5.42. The summed E-state index contributed by atoms with van der Waals surface area (Å²) < 4.78 is 66.2. The lowest BCUT2D eigenvalue weighted by Gasteiger charge is -2.12. The summed E-state index contributed by atoms with van der Waals surface area (Å²) >= 11 is 0.203. The van der Waals surface area contributed by atoms with E-state index < -0.39 is 21.6 Å². The second kappa shape index (κ2) is 7.16. The number of benzene rings is 1. The van der Waals surface area contributed by atoms with Crippen molar-refractivity contribution in [3.63, 3.8) is 0 Å². The van der Waals surface area contributed by atoms with E-state index >= 15 is 0 Å². The smallest absolute Gasteiger partial charge is 0.262 e. The maximum Gasteiger partial charge on any atom is 0.288 e. The van der Waals surface area contributed by atoms with Gasteiger partial charge in [0, 0.05) is 29.0 Å². The first-order chi connectivity index (χ1) is 12.3. The topological polar surface area (TPSA) is 52.0 Å². The van der Waals surface area contributed by atoms with Crippen LogP contribution < -0.4 is 0 Å². The van der Waals surface area contributed by atoms with E-state index in [-0.39, 0.29) is 32.8 Å². The molecule has 0 bridgehead atoms. The van der Waals surface area contributed by atoms with Crippen LogP contribution in [0.15, 0.2) is 64.8 Å². The fraction of sp³-hybridized carbons (Fsp3) is 0.118. The summed E-state index contributed by atoms with van der Waals surface area (Å²) in [5.41, 5.74) is 0.876. The number of nitrogens with zero attached hydrogens (tertiary/aromatic N) is 2. The predicted octanol–water partition coefficient (Wildman–Crippen LogP) is 4.55. The molecule has 2 aromatic heterocycles. The monoisotopic (exact) mass is 398 g/mol. The van der Waals surface area contributed by atoms with Gasteiger partial charge in [-0.25, -0.2) is 16.8 Å². The van der Waals surface area contributed by atoms with Gasteiger partial charge in [0.1, 0.15) is 10.7 Å². The highest BCUT2D eigenvalue weighted by atomic mass is 32.2. The van der Waals surface area contributed by atoms with Crippen LogP contribution in [0.25, 0.3) is 11.3 Å². The van der Waals surface area contributed by atoms with Crippen molar-refractivity contribution in [1.29, 1.82) is 0 Å². The highest BCUT2D eigenvalue weighted by molar-refractivity contribution is 7.99. The molecule has 4 nitrogen and oxygen atoms in total. The van der Waals surface area contributed by atoms with E-state index in [4.69, 9.17) is 0 Å². The fourth-order valence-corrected chi connectivity index (χ4v) is 4.47. The molecule has 9 heteroatoms. The molecule has 0 atom stereocenters. The Morgan fingerprint density at radius 1 is 1.15 bits per heavy atom. The molecule has 0 N–H and O–H groups in total. The molecule has 0 spiro atoms. The zero-order valence-electron chi connectivity index (χ0n) is 13.4. The van der Waals surface area contributed by atoms with Crippen molar-refractivity contribution in [2.24, 2.45) is 0 Å². The molecule has 3 aromatic rings. The van der Waals surface area contributed by atoms with Crippen LogP contribution in [0.5, 0.6) is 0 Å². The molecule has 136 valence electrons. The summed E-state index contributed by atoms with van der Waals surface area (Å²) in [6.07, 6.45) is 3.59. The number of hydrogen-bond donors (Lipinski definition) is 0. The average molecular weight is 398 g/mol. The van der Waals surface area contributed by atoms with Crippen molar-refractivity contribution >= 4 is 21.8 Å². The Labute approximate surface area is 152 Å². The highest BCUT2D eigenvalue weighted by Crippen LogP contribution is 2.30. The summed E-state index contributed by atoms with van der Waals surface area (Å²) in [4.78, 5) is 3.51. The maximum atomic E-state index is 14.2. The van der Waals surface area contributed by atoms with Crippen LogP contribution in [0, 0.1) is 12.7 Å². The summed E-state index contributed by atoms with van der Waals surface area (Å²) in [7, 11) is -4.14. The van der Waals surface area contributed by atoms with Gasteiger partial charge in [-0.1, -0.05) is 23.9 Å². The molecule has 1 aromatic carbocycles. The summed E-state index contributed by atoms with van der Waals surface area (Å²) in [6, 6.07) is 8.47. The third-order valence-electron chi connectivity index (χ3n) is 3.54. The number of hydrogen-bond acceptors (Lipinski definition) is 4. The Kier molecular flexibility index (Phi) is 5.10. The molecule has 0 amide bonds. The van der Waals surface area contributed by atoms with E-state index in [9.17, 15) is 21.6 Å². The van der Waals surface area contributed by atoms with Crippen molar-refractivity contribution in [1.82, 2.24) is 8.96 Å². The quantitative estimate of drug-likeness (QED) is 0.592. The number of rotatable bonds is 5. The minimum Gasteiger partial charge on any atom is -0.262 e. The minimum absolute atomic E-state index is 0.0254. The normalized spacial score (nSPS) is 11.9. The van der Waals surface area contributed by atoms with E-state index in [1.54, 1.807) is 19.1 Å². The van der Waals surface area contributed by atoms with Crippen molar-refractivity contribution < 1.29 is 21.6 Å². The van der Waals surface area contributed by atoms with Gasteiger partial charge in [0.25, 0.3) is 15.8 Å². The lowest BCUT2D eigenvalue weighted by molar-refractivity contribution is 0.252. The molecule has 0 unspecified atom stereocenters. The molecule has 0 aliphatic rings. The zero-order chi connectivity index (χ0) is 18.9. The maximum absolute atomic E-state index is 14.2. The van der Waals surface area contributed by atoms with Crippen LogP contribution in [-0.4, -0.2) is 23.1 Å². The van der Waals surface area contributed by atoms with Gasteiger partial charge in [0.15, 0.2) is 0 Å². The molecular weight excluding hydrogens is 385 g/mol. The van der Waals surface area contributed by atoms with Gasteiger partial charge in [-0.15, -0.1) is 0 Å². The number of alkyl halides is 2. The van der Waals surface area contributed by atoms with Crippen LogP contribution in [0.1, 0.15) is 5.56 Å². The Morgan fingerprint density at radius 3 is 2.58 bits per heavy atom. The Bertz CT molecular complexity index is 1050. The summed E-state index contributed by atoms with van der Waals surface area (Å²) in [6.45, 7) is 1.68. The van der Waals surface area contributed by atoms with Gasteiger partial charge < -0.3 is 0 Å². The number of halogens is 3. The Balaban J connectivity index is 2.14. The highest BCUT2D eigenvalue weighted by Gasteiger charge is 2.23. The van der Waals surface area contributed by atoms with Gasteiger partial charge in [0.05, 0.1) is 5.69 Å². The molecular formula is C17H13F3N2O2S2. The lowest BCUT2D eigenvalue weighted by Crippen LogP contribution is -2.14. The van der Waals surface area contributed by atoms with E-state index in [0.29, 0.717) is 5.56 Å². The van der Waals surface area contributed by atoms with Crippen LogP contribution in [0.4, 0.5) is 13.2 Å². The Morgan fingerprint density at radius 2 is 1.88 bits per heavy atom. The van der Waals surface area contributed by atoms with E-state index in [0.717, 1.165) is 22.4 Å². The third-order valence-corrected chi connectivity index (χ3v) is 5.86. The van der Waals surface area contributed by atoms with Crippen LogP contribution in [-0.2, 0) is 10.0 Å². The largest absolute Gasteiger partial charge is 0.288 e. The van der Waals surface area contributed by atoms with E-state index in [2.05, 4.69) is 4.98 Å². The summed E-state index contributed by atoms with van der Waals surface area (Å²) in [5.74, 6) is -3.26. The number of pyridine rings is 1. The van der Waals surface area contributed by atoms with Crippen molar-refractivity contribution in [3.05, 3.63) is 66.4 Å². The standard InChI is InChI=1S/C17H13F3N2O2S2/c1-11-6-16(14-4-2-3-5-15(14)18)22(10-11)26(23,24)13-7-12(8-21-9-13)25-17(19)20/h2-10,17H,1H3. The van der Waals surface area contributed by atoms with Crippen molar-refractivity contribution in [2.45, 2.75) is 22.5 Å². The van der Waals surface area contributed by atoms with Gasteiger partial charge >= 0.3 is 0 Å². The van der Waals surface area contributed by atoms with Gasteiger partial charge in [-0.3, -0.25) is 4.98 Å². The molecule has 3 rings (SSSR count). The lowest BCUT2D eigenvalue weighted by atomic mass is 10.1. The second-order valence-corrected chi connectivity index (χ2v) is 8.30. The molecule has 0 saturated heterocycles. The predicted molar refractivity (Wildman–Crippen MR) is 93.2 cm³/mol. The van der Waals surface area contributed by atoms with Crippen molar-refractivity contribution in [2.75, 3.05) is 0 Å². The SMILES string of the molecule is Cc1cc(-c2ccccc2F)n(S(=O)(=O)c2cncc(SC(F)F)c2)c1. The molecule has 0 aliphatic heterocycles. The minimum atomic E-state index is -4.14. The van der Waals surface area contributed by atoms with E-state index in [1.165, 1.54) is 24.4 Å². The van der Waals surface area contributed by atoms with Gasteiger partial charge in [-0.05, 0) is 36.8 Å². The first kappa shape index (κ1) is 18.5. The molecule has 0 saturated carbocycles. The zero-order valence-corrected chi connectivity index (χ0v) is 15.1. The Hall–Kier alpha value is -2.26. The van der Waals surface area contributed by atoms with Gasteiger partial charge in [0.2, 0.25) is 0 Å². The van der Waals surface area contributed by atoms with Crippen LogP contribution in [0.3, 0.4) is 0 Å². The molecule has 2 heterocycles. The fourth-order valence-electron chi connectivity index (χ4n) is 2.46. The number of aromatic nitrogens is 2. The number of aryl methyl sites for hydroxylation is 1. The van der Waals surface area contributed by atoms with Gasteiger partial charge in [-0.2, -0.15) is 8.78 Å². The first-order valence-electron chi connectivity index (χ1n) is 7.38.